The van der Waals surface area contributed by atoms with Crippen molar-refractivity contribution in [3.05, 3.63) is 95.6 Å². The number of anilines is 1. The molecule has 146 valence electrons. The lowest BCUT2D eigenvalue weighted by atomic mass is 10.1. The number of amides is 1. The Balaban J connectivity index is 1.50. The number of hydrogen-bond donors (Lipinski definition) is 3. The Morgan fingerprint density at radius 3 is 2.28 bits per heavy atom. The number of aryl methyl sites for hydroxylation is 1. The molecule has 0 saturated heterocycles. The summed E-state index contributed by atoms with van der Waals surface area (Å²) in [5.41, 5.74) is 2.91. The zero-order valence-electron chi connectivity index (χ0n) is 15.7. The van der Waals surface area contributed by atoms with E-state index < -0.39 is 0 Å². The summed E-state index contributed by atoms with van der Waals surface area (Å²) in [5, 5.41) is 21.6. The molecule has 3 rings (SSSR count). The third-order valence-corrected chi connectivity index (χ3v) is 4.37. The first-order valence-electron chi connectivity index (χ1n) is 9.19. The van der Waals surface area contributed by atoms with Crippen LogP contribution in [0.4, 0.5) is 5.69 Å². The molecule has 0 aliphatic heterocycles. The molecule has 0 aromatic heterocycles. The average Bonchev–Trinajstić information content (AvgIpc) is 2.74. The van der Waals surface area contributed by atoms with Crippen molar-refractivity contribution in [3.63, 3.8) is 0 Å². The van der Waals surface area contributed by atoms with Crippen molar-refractivity contribution in [2.45, 2.75) is 12.8 Å². The molecule has 5 nitrogen and oxygen atoms in total. The van der Waals surface area contributed by atoms with Crippen LogP contribution in [0.2, 0.25) is 0 Å². The van der Waals surface area contributed by atoms with Crippen molar-refractivity contribution >= 4 is 23.5 Å². The molecule has 0 fully saturated rings. The minimum absolute atomic E-state index is 0.0426. The highest BCUT2D eigenvalue weighted by atomic mass is 16.3. The quantitative estimate of drug-likeness (QED) is 0.410. The van der Waals surface area contributed by atoms with Crippen LogP contribution in [0.5, 0.6) is 11.5 Å². The highest BCUT2D eigenvalue weighted by Gasteiger charge is 2.05. The Hall–Kier alpha value is -3.86. The van der Waals surface area contributed by atoms with E-state index in [4.69, 9.17) is 0 Å². The first kappa shape index (κ1) is 19.9. The van der Waals surface area contributed by atoms with Crippen molar-refractivity contribution in [2.24, 2.45) is 0 Å². The average molecular weight is 387 g/mol. The van der Waals surface area contributed by atoms with Crippen LogP contribution in [0.25, 0.3) is 6.08 Å². The number of phenolic OH excluding ortho intramolecular Hbond substituents is 2. The van der Waals surface area contributed by atoms with Gasteiger partial charge in [0.15, 0.2) is 17.3 Å². The Labute approximate surface area is 169 Å². The summed E-state index contributed by atoms with van der Waals surface area (Å²) in [7, 11) is 0. The van der Waals surface area contributed by atoms with Gasteiger partial charge in [-0.2, -0.15) is 0 Å². The maximum Gasteiger partial charge on any atom is 0.255 e. The van der Waals surface area contributed by atoms with E-state index in [1.165, 1.54) is 18.2 Å². The molecule has 0 saturated carbocycles. The molecule has 3 aromatic rings. The first-order chi connectivity index (χ1) is 14.0. The van der Waals surface area contributed by atoms with E-state index in [0.717, 1.165) is 5.56 Å². The summed E-state index contributed by atoms with van der Waals surface area (Å²) in [5.74, 6) is -0.631. The molecule has 0 aliphatic carbocycles. The van der Waals surface area contributed by atoms with Crippen LogP contribution in [-0.2, 0) is 11.2 Å². The number of allylic oxidation sites excluding steroid dienone is 1. The molecule has 0 atom stereocenters. The van der Waals surface area contributed by atoms with Gasteiger partial charge >= 0.3 is 0 Å². The van der Waals surface area contributed by atoms with Gasteiger partial charge in [-0.05, 0) is 60.0 Å². The van der Waals surface area contributed by atoms with Crippen LogP contribution in [0.1, 0.15) is 27.9 Å². The molecule has 1 amide bonds. The Morgan fingerprint density at radius 2 is 1.59 bits per heavy atom. The van der Waals surface area contributed by atoms with Crippen LogP contribution in [0.15, 0.2) is 78.9 Å². The maximum absolute atomic E-state index is 12.1. The summed E-state index contributed by atoms with van der Waals surface area (Å²) in [6.45, 7) is 0. The van der Waals surface area contributed by atoms with Crippen LogP contribution >= 0.6 is 0 Å². The fourth-order valence-corrected chi connectivity index (χ4v) is 2.73. The monoisotopic (exact) mass is 387 g/mol. The summed E-state index contributed by atoms with van der Waals surface area (Å²) in [6.07, 6.45) is 3.98. The van der Waals surface area contributed by atoms with Crippen molar-refractivity contribution < 1.29 is 19.8 Å². The zero-order valence-corrected chi connectivity index (χ0v) is 15.7. The number of benzene rings is 3. The highest BCUT2D eigenvalue weighted by molar-refractivity contribution is 6.04. The second-order valence-electron chi connectivity index (χ2n) is 6.56. The summed E-state index contributed by atoms with van der Waals surface area (Å²) < 4.78 is 0. The Bertz CT molecular complexity index is 1020. The van der Waals surface area contributed by atoms with Crippen LogP contribution in [0.3, 0.4) is 0 Å². The second kappa shape index (κ2) is 9.37. The molecule has 3 N–H and O–H groups in total. The number of nitrogens with one attached hydrogen (secondary N) is 1. The molecule has 0 bridgehead atoms. The number of rotatable bonds is 7. The number of hydrogen-bond acceptors (Lipinski definition) is 4. The fourth-order valence-electron chi connectivity index (χ4n) is 2.73. The molecule has 0 aliphatic rings. The van der Waals surface area contributed by atoms with E-state index in [1.54, 1.807) is 24.3 Å². The second-order valence-corrected chi connectivity index (χ2v) is 6.56. The maximum atomic E-state index is 12.1. The highest BCUT2D eigenvalue weighted by Crippen LogP contribution is 2.25. The third-order valence-electron chi connectivity index (χ3n) is 4.37. The van der Waals surface area contributed by atoms with Gasteiger partial charge in [-0.25, -0.2) is 0 Å². The summed E-state index contributed by atoms with van der Waals surface area (Å²) in [4.78, 5) is 24.2. The normalized spacial score (nSPS) is 10.8. The van der Waals surface area contributed by atoms with Crippen molar-refractivity contribution in [3.8, 4) is 11.5 Å². The van der Waals surface area contributed by atoms with E-state index >= 15 is 0 Å². The van der Waals surface area contributed by atoms with Crippen LogP contribution in [-0.4, -0.2) is 21.9 Å². The predicted molar refractivity (Wildman–Crippen MR) is 113 cm³/mol. The van der Waals surface area contributed by atoms with Gasteiger partial charge in [0.05, 0.1) is 0 Å². The molecule has 29 heavy (non-hydrogen) atoms. The van der Waals surface area contributed by atoms with Crippen molar-refractivity contribution in [1.82, 2.24) is 0 Å². The smallest absolute Gasteiger partial charge is 0.255 e. The number of aromatic hydroxyl groups is 2. The molecule has 0 spiro atoms. The van der Waals surface area contributed by atoms with Gasteiger partial charge in [-0.1, -0.05) is 42.5 Å². The lowest BCUT2D eigenvalue weighted by Crippen LogP contribution is -2.11. The van der Waals surface area contributed by atoms with Gasteiger partial charge in [0, 0.05) is 17.7 Å². The largest absolute Gasteiger partial charge is 0.504 e. The van der Waals surface area contributed by atoms with Crippen molar-refractivity contribution in [2.75, 3.05) is 5.32 Å². The van der Waals surface area contributed by atoms with E-state index in [1.807, 2.05) is 42.5 Å². The van der Waals surface area contributed by atoms with Gasteiger partial charge in [0.25, 0.3) is 5.91 Å². The molecule has 0 unspecified atom stereocenters. The zero-order chi connectivity index (χ0) is 20.6. The SMILES string of the molecule is O=C(/C=C/c1ccc(O)c(O)c1)CCc1ccc(NC(=O)c2ccccc2)cc1. The molecular weight excluding hydrogens is 366 g/mol. The van der Waals surface area contributed by atoms with E-state index in [9.17, 15) is 19.8 Å². The molecule has 0 heterocycles. The Kier molecular flexibility index (Phi) is 6.43. The number of carbonyl (C=O) groups excluding carboxylic acids is 2. The molecule has 5 heteroatoms. The van der Waals surface area contributed by atoms with Gasteiger partial charge in [0.1, 0.15) is 0 Å². The van der Waals surface area contributed by atoms with Crippen LogP contribution < -0.4 is 5.32 Å². The van der Waals surface area contributed by atoms with Crippen molar-refractivity contribution in [1.29, 1.82) is 0 Å². The Morgan fingerprint density at radius 1 is 0.862 bits per heavy atom. The van der Waals surface area contributed by atoms with E-state index in [2.05, 4.69) is 5.32 Å². The standard InChI is InChI=1S/C24H21NO4/c26-21(14-9-18-10-15-22(27)23(28)16-18)13-8-17-6-11-20(12-7-17)25-24(29)19-4-2-1-3-5-19/h1-7,9-12,14-16,27-28H,8,13H2,(H,25,29)/b14-9+. The van der Waals surface area contributed by atoms with Gasteiger partial charge in [-0.3, -0.25) is 9.59 Å². The number of carbonyl (C=O) groups is 2. The summed E-state index contributed by atoms with van der Waals surface area (Å²) >= 11 is 0. The number of phenols is 2. The first-order valence-corrected chi connectivity index (χ1v) is 9.19. The van der Waals surface area contributed by atoms with Crippen LogP contribution in [0, 0.1) is 0 Å². The topological polar surface area (TPSA) is 86.6 Å². The summed E-state index contributed by atoms with van der Waals surface area (Å²) in [6, 6.07) is 20.8. The predicted octanol–water partition coefficient (Wildman–Crippen LogP) is 4.57. The van der Waals surface area contributed by atoms with E-state index in [0.29, 0.717) is 29.7 Å². The minimum atomic E-state index is -0.223. The molecular formula is C24H21NO4. The van der Waals surface area contributed by atoms with E-state index in [-0.39, 0.29) is 23.2 Å². The fraction of sp³-hybridized carbons (Fsp3) is 0.0833. The van der Waals surface area contributed by atoms with Gasteiger partial charge < -0.3 is 15.5 Å². The number of ketones is 1. The minimum Gasteiger partial charge on any atom is -0.504 e. The molecule has 3 aromatic carbocycles. The lowest BCUT2D eigenvalue weighted by molar-refractivity contribution is -0.114. The molecule has 0 radical (unpaired) electrons. The lowest BCUT2D eigenvalue weighted by Gasteiger charge is -2.06. The van der Waals surface area contributed by atoms with Gasteiger partial charge in [0.2, 0.25) is 0 Å². The third kappa shape index (κ3) is 5.81. The van der Waals surface area contributed by atoms with Gasteiger partial charge in [-0.15, -0.1) is 0 Å².